The number of unbranched alkanes of at least 4 members (excludes halogenated alkanes) is 16. The summed E-state index contributed by atoms with van der Waals surface area (Å²) in [5.41, 5.74) is -4.77. The van der Waals surface area contributed by atoms with Crippen LogP contribution < -0.4 is 0 Å². The normalized spacial score (nSPS) is 9.74. The standard InChI is InChI=1S/C13H26O2.C11H22O2.C8H8O2.2C7H4N2O7.C7H5NO5.2C7H6O3/c1-2-3-4-5-6-7-8-9-10-11-12-13(14)15;1-2-3-4-5-6-7-8-9-10-11(12)13;1-6-2-4-7(5-3-6)8(9)10;2*10-6-4(7(11)12)1-3(8(13)14)2-5(6)9(15)16;9-6-2-1-4(7(10)11)3-5(6)8(12)13;8-6-3-1-2-5(4-6)7(9)10;8-6-4-2-1-3-5(6)7(9)10/h2-12H2,1H3,(H,14,15);2-10H2,1H3,(H,12,13);2-5H,1H3,(H,9,10);2*1-2,10H,(H,11,12);1-3,9H,(H,10,11);2*1-4,8H,(H,9,10). The van der Waals surface area contributed by atoms with Gasteiger partial charge in [0.1, 0.15) is 28.2 Å². The molecule has 6 rings (SSSR count). The van der Waals surface area contributed by atoms with Crippen molar-refractivity contribution >= 4 is 76.2 Å². The number of para-hydroxylation sites is 1. The summed E-state index contributed by atoms with van der Waals surface area (Å²) in [5, 5.41) is 165. The predicted molar refractivity (Wildman–Crippen MR) is 366 cm³/mol. The van der Waals surface area contributed by atoms with Crippen molar-refractivity contribution in [2.45, 2.75) is 149 Å². The van der Waals surface area contributed by atoms with Crippen molar-refractivity contribution in [2.24, 2.45) is 0 Å². The molecule has 6 aromatic carbocycles. The number of non-ortho nitro benzene ring substituents is 2. The molecule has 0 unspecified atom stereocenters. The van der Waals surface area contributed by atoms with Crippen molar-refractivity contribution in [3.63, 3.8) is 0 Å². The number of nitrogens with zero attached hydrogens (tertiary/aromatic N) is 5. The number of hydrogen-bond donors (Lipinski definition) is 13. The van der Waals surface area contributed by atoms with E-state index in [1.54, 1.807) is 36.4 Å². The van der Waals surface area contributed by atoms with Crippen molar-refractivity contribution in [3.05, 3.63) is 205 Å². The van der Waals surface area contributed by atoms with Gasteiger partial charge in [0.15, 0.2) is 5.75 Å². The number of nitro benzene ring substituents is 5. The highest BCUT2D eigenvalue weighted by Crippen LogP contribution is 2.36. The van der Waals surface area contributed by atoms with Crippen LogP contribution in [-0.4, -0.2) is 139 Å². The number of aromatic hydroxyl groups is 5. The molecule has 0 atom stereocenters. The van der Waals surface area contributed by atoms with Crippen LogP contribution in [0, 0.1) is 57.5 Å². The summed E-state index contributed by atoms with van der Waals surface area (Å²) in [6.45, 7) is 6.38. The van der Waals surface area contributed by atoms with E-state index in [0.717, 1.165) is 49.4 Å². The van der Waals surface area contributed by atoms with Crippen LogP contribution >= 0.6 is 0 Å². The minimum Gasteiger partial charge on any atom is -0.508 e. The number of aryl methyl sites for hydroxylation is 1. The van der Waals surface area contributed by atoms with Crippen molar-refractivity contribution < 1.29 is 129 Å². The fourth-order valence-electron chi connectivity index (χ4n) is 7.99. The zero-order chi connectivity index (χ0) is 78.9. The van der Waals surface area contributed by atoms with Gasteiger partial charge in [0.05, 0.1) is 53.4 Å². The van der Waals surface area contributed by atoms with E-state index in [2.05, 4.69) is 13.8 Å². The maximum atomic E-state index is 10.6. The van der Waals surface area contributed by atoms with Gasteiger partial charge in [0.2, 0.25) is 11.5 Å². The number of carboxylic acid groups (broad SMARTS) is 8. The molecule has 0 aliphatic carbocycles. The van der Waals surface area contributed by atoms with Gasteiger partial charge in [-0.1, -0.05) is 152 Å². The summed E-state index contributed by atoms with van der Waals surface area (Å²) >= 11 is 0. The fraction of sp³-hybridized carbons (Fsp3) is 0.343. The highest BCUT2D eigenvalue weighted by molar-refractivity contribution is 5.94. The quantitative estimate of drug-likeness (QED) is 0.0109. The molecule has 0 aliphatic heterocycles. The van der Waals surface area contributed by atoms with E-state index >= 15 is 0 Å². The van der Waals surface area contributed by atoms with Crippen LogP contribution in [0.4, 0.5) is 28.4 Å². The third-order valence-corrected chi connectivity index (χ3v) is 13.4. The first-order valence-electron chi connectivity index (χ1n) is 31.1. The molecule has 0 aromatic heterocycles. The molecule has 103 heavy (non-hydrogen) atoms. The number of aromatic carboxylic acids is 6. The first-order valence-corrected chi connectivity index (χ1v) is 31.1. The molecule has 560 valence electrons. The third kappa shape index (κ3) is 40.5. The van der Waals surface area contributed by atoms with Gasteiger partial charge in [-0.15, -0.1) is 0 Å². The minimum absolute atomic E-state index is 0.0279. The first kappa shape index (κ1) is 92.1. The Kier molecular flexibility index (Phi) is 45.9. The van der Waals surface area contributed by atoms with Gasteiger partial charge in [-0.2, -0.15) is 0 Å². The lowest BCUT2D eigenvalue weighted by molar-refractivity contribution is -0.395. The molecule has 0 aliphatic rings. The van der Waals surface area contributed by atoms with Gasteiger partial charge in [-0.3, -0.25) is 60.2 Å². The minimum atomic E-state index is -1.69. The molecule has 36 heteroatoms. The summed E-state index contributed by atoms with van der Waals surface area (Å²) in [7, 11) is 0. The van der Waals surface area contributed by atoms with E-state index in [4.69, 9.17) is 56.2 Å². The molecule has 36 nitrogen and oxygen atoms in total. The van der Waals surface area contributed by atoms with E-state index in [1.165, 1.54) is 126 Å². The number of aliphatic carboxylic acids is 2. The molecule has 13 N–H and O–H groups in total. The SMILES string of the molecule is CCCCCCCCCCC(=O)O.CCCCCCCCCCCCC(=O)O.Cc1ccc(C(=O)O)cc1.O=C(O)c1cc([N+](=O)[O-])cc([N+](=O)[O-])c1O.O=C(O)c1cc([N+](=O)[O-])cc([N+](=O)[O-])c1O.O=C(O)c1ccc(O)c([N+](=O)[O-])c1.O=C(O)c1cccc(O)c1.O=C(O)c1ccccc1O. The maximum absolute atomic E-state index is 10.6. The summed E-state index contributed by atoms with van der Waals surface area (Å²) in [6.07, 6.45) is 23.0. The highest BCUT2D eigenvalue weighted by Gasteiger charge is 2.28. The van der Waals surface area contributed by atoms with E-state index in [1.807, 2.05) is 6.92 Å². The van der Waals surface area contributed by atoms with Crippen molar-refractivity contribution in [1.29, 1.82) is 0 Å². The second-order valence-corrected chi connectivity index (χ2v) is 21.4. The van der Waals surface area contributed by atoms with Crippen LogP contribution in [0.2, 0.25) is 0 Å². The monoisotopic (exact) mass is 1450 g/mol. The van der Waals surface area contributed by atoms with E-state index in [9.17, 15) is 99.1 Å². The number of nitro groups is 5. The average Bonchev–Trinajstić information content (AvgIpc) is 0.819. The zero-order valence-corrected chi connectivity index (χ0v) is 56.0. The molecule has 0 spiro atoms. The van der Waals surface area contributed by atoms with Crippen LogP contribution in [0.3, 0.4) is 0 Å². The molecular weight excluding hydrogens is 1370 g/mol. The average molecular weight is 1450 g/mol. The molecular formula is C67H81N5O31. The Morgan fingerprint density at radius 1 is 0.320 bits per heavy atom. The zero-order valence-electron chi connectivity index (χ0n) is 56.0. The Morgan fingerprint density at radius 3 is 0.951 bits per heavy atom. The molecule has 0 radical (unpaired) electrons. The number of hydrogen-bond acceptors (Lipinski definition) is 23. The number of rotatable bonds is 31. The van der Waals surface area contributed by atoms with E-state index in [0.29, 0.717) is 42.7 Å². The summed E-state index contributed by atoms with van der Waals surface area (Å²) in [5.74, 6) is -12.0. The Balaban J connectivity index is 0. The molecule has 0 saturated carbocycles. The smallest absolute Gasteiger partial charge is 0.340 e. The second kappa shape index (κ2) is 51.3. The van der Waals surface area contributed by atoms with Crippen molar-refractivity contribution in [3.8, 4) is 28.7 Å². The third-order valence-electron chi connectivity index (χ3n) is 13.4. The van der Waals surface area contributed by atoms with Gasteiger partial charge in [0.25, 0.3) is 11.4 Å². The van der Waals surface area contributed by atoms with Gasteiger partial charge in [-0.25, -0.2) is 28.8 Å². The van der Waals surface area contributed by atoms with E-state index < -0.39 is 129 Å². The highest BCUT2D eigenvalue weighted by atomic mass is 16.6. The number of carboxylic acids is 8. The van der Waals surface area contributed by atoms with Crippen molar-refractivity contribution in [2.75, 3.05) is 0 Å². The first-order chi connectivity index (χ1) is 48.4. The molecule has 0 heterocycles. The largest absolute Gasteiger partial charge is 0.508 e. The van der Waals surface area contributed by atoms with Crippen LogP contribution in [0.15, 0.2) is 115 Å². The van der Waals surface area contributed by atoms with Crippen LogP contribution in [0.5, 0.6) is 28.7 Å². The number of phenolic OH excluding ortho intramolecular Hbond substituents is 2. The Bertz CT molecular complexity index is 3640. The number of benzene rings is 6. The molecule has 6 aromatic rings. The summed E-state index contributed by atoms with van der Waals surface area (Å²) < 4.78 is 0. The molecule has 0 fully saturated rings. The Morgan fingerprint density at radius 2 is 0.660 bits per heavy atom. The van der Waals surface area contributed by atoms with Gasteiger partial charge in [-0.05, 0) is 74.4 Å². The fourth-order valence-corrected chi connectivity index (χ4v) is 7.99. The number of carbonyl (C=O) groups is 8. The van der Waals surface area contributed by atoms with Crippen molar-refractivity contribution in [1.82, 2.24) is 0 Å². The number of phenols is 5. The summed E-state index contributed by atoms with van der Waals surface area (Å²) in [6, 6.07) is 23.0. The predicted octanol–water partition coefficient (Wildman–Crippen LogP) is 14.7. The Hall–Kier alpha value is -12.9. The lowest BCUT2D eigenvalue weighted by Gasteiger charge is -2.01. The van der Waals surface area contributed by atoms with E-state index in [-0.39, 0.29) is 28.2 Å². The molecule has 0 bridgehead atoms. The molecule has 0 saturated heterocycles. The topological polar surface area (TPSA) is 615 Å². The van der Waals surface area contributed by atoms with Gasteiger partial charge >= 0.3 is 64.8 Å². The summed E-state index contributed by atoms with van der Waals surface area (Å²) in [4.78, 5) is 130. The maximum Gasteiger partial charge on any atom is 0.340 e. The molecule has 0 amide bonds. The van der Waals surface area contributed by atoms with Crippen LogP contribution in [0.1, 0.15) is 210 Å². The van der Waals surface area contributed by atoms with Crippen LogP contribution in [0.25, 0.3) is 0 Å². The second-order valence-electron chi connectivity index (χ2n) is 21.4. The Labute approximate surface area is 586 Å². The lowest BCUT2D eigenvalue weighted by Crippen LogP contribution is -2.02. The van der Waals surface area contributed by atoms with Gasteiger partial charge in [0, 0.05) is 31.0 Å². The van der Waals surface area contributed by atoms with Crippen LogP contribution in [-0.2, 0) is 9.59 Å². The van der Waals surface area contributed by atoms with Gasteiger partial charge < -0.3 is 66.4 Å². The lowest BCUT2D eigenvalue weighted by atomic mass is 10.1.